The highest BCUT2D eigenvalue weighted by molar-refractivity contribution is 5.90. The molecule has 0 aliphatic heterocycles. The van der Waals surface area contributed by atoms with Gasteiger partial charge in [-0.15, -0.1) is 10.2 Å². The van der Waals surface area contributed by atoms with E-state index in [-0.39, 0.29) is 17.5 Å². The van der Waals surface area contributed by atoms with E-state index in [1.54, 1.807) is 13.1 Å². The molecule has 1 heterocycles. The number of nitrogens with two attached hydrogens (primary N) is 1. The number of likely N-dealkylation sites (N-methyl/N-ethyl adjacent to an activating group) is 1. The molecule has 1 rings (SSSR count). The van der Waals surface area contributed by atoms with Crippen molar-refractivity contribution in [2.75, 3.05) is 12.4 Å². The van der Waals surface area contributed by atoms with Crippen molar-refractivity contribution >= 4 is 17.6 Å². The zero-order chi connectivity index (χ0) is 13.7. The zero-order valence-electron chi connectivity index (χ0n) is 10.6. The van der Waals surface area contributed by atoms with Crippen LogP contribution in [0.15, 0.2) is 12.1 Å². The fraction of sp³-hybridized carbons (Fsp3) is 0.455. The molecule has 0 fully saturated rings. The number of carbonyl (C=O) groups is 2. The molecule has 7 nitrogen and oxygen atoms in total. The Bertz CT molecular complexity index is 430. The predicted molar refractivity (Wildman–Crippen MR) is 66.9 cm³/mol. The van der Waals surface area contributed by atoms with Crippen molar-refractivity contribution < 1.29 is 9.59 Å². The van der Waals surface area contributed by atoms with Gasteiger partial charge in [-0.05, 0) is 18.1 Å². The van der Waals surface area contributed by atoms with E-state index in [2.05, 4.69) is 20.8 Å². The summed E-state index contributed by atoms with van der Waals surface area (Å²) in [5, 5.41) is 13.0. The molecule has 0 saturated heterocycles. The zero-order valence-corrected chi connectivity index (χ0v) is 10.6. The number of anilines is 1. The Morgan fingerprint density at radius 1 is 1.28 bits per heavy atom. The fourth-order valence-corrected chi connectivity index (χ4v) is 1.39. The van der Waals surface area contributed by atoms with Crippen LogP contribution in [0.3, 0.4) is 0 Å². The predicted octanol–water partition coefficient (Wildman–Crippen LogP) is -0.242. The average molecular weight is 251 g/mol. The maximum atomic E-state index is 11.6. The third-order valence-electron chi connectivity index (χ3n) is 2.42. The molecule has 1 aromatic rings. The number of amides is 2. The van der Waals surface area contributed by atoms with Gasteiger partial charge < -0.3 is 16.4 Å². The van der Waals surface area contributed by atoms with Crippen LogP contribution in [0.4, 0.5) is 5.82 Å². The minimum Gasteiger partial charge on any atom is -0.364 e. The van der Waals surface area contributed by atoms with Gasteiger partial charge in [0.1, 0.15) is 11.9 Å². The average Bonchev–Trinajstić information content (AvgIpc) is 2.35. The SMILES string of the molecule is CNC(=O)C(Nc1ccc(C(N)=O)nn1)C(C)C. The van der Waals surface area contributed by atoms with E-state index >= 15 is 0 Å². The molecule has 0 bridgehead atoms. The van der Waals surface area contributed by atoms with Gasteiger partial charge in [0, 0.05) is 7.05 Å². The quantitative estimate of drug-likeness (QED) is 0.669. The molecule has 0 spiro atoms. The summed E-state index contributed by atoms with van der Waals surface area (Å²) >= 11 is 0. The second-order valence-electron chi connectivity index (χ2n) is 4.15. The summed E-state index contributed by atoms with van der Waals surface area (Å²) in [6.45, 7) is 3.83. The van der Waals surface area contributed by atoms with Crippen LogP contribution < -0.4 is 16.4 Å². The number of carbonyl (C=O) groups excluding carboxylic acids is 2. The minimum atomic E-state index is -0.638. The lowest BCUT2D eigenvalue weighted by atomic mass is 10.0. The van der Waals surface area contributed by atoms with Crippen LogP contribution in [0.5, 0.6) is 0 Å². The maximum Gasteiger partial charge on any atom is 0.269 e. The smallest absolute Gasteiger partial charge is 0.269 e. The van der Waals surface area contributed by atoms with E-state index in [0.29, 0.717) is 5.82 Å². The van der Waals surface area contributed by atoms with E-state index in [9.17, 15) is 9.59 Å². The van der Waals surface area contributed by atoms with Crippen LogP contribution in [0.2, 0.25) is 0 Å². The van der Waals surface area contributed by atoms with Crippen LogP contribution in [-0.4, -0.2) is 35.1 Å². The van der Waals surface area contributed by atoms with Crippen LogP contribution in [0.1, 0.15) is 24.3 Å². The first kappa shape index (κ1) is 13.9. The molecule has 0 radical (unpaired) electrons. The van der Waals surface area contributed by atoms with Gasteiger partial charge in [-0.2, -0.15) is 0 Å². The first-order chi connectivity index (χ1) is 8.45. The highest BCUT2D eigenvalue weighted by atomic mass is 16.2. The van der Waals surface area contributed by atoms with E-state index in [1.165, 1.54) is 6.07 Å². The largest absolute Gasteiger partial charge is 0.364 e. The standard InChI is InChI=1S/C11H17N5O2/c1-6(2)9(11(18)13-3)14-8-5-4-7(10(12)17)15-16-8/h4-6,9H,1-3H3,(H2,12,17)(H,13,18)(H,14,16). The van der Waals surface area contributed by atoms with Gasteiger partial charge in [-0.1, -0.05) is 13.8 Å². The summed E-state index contributed by atoms with van der Waals surface area (Å²) in [4.78, 5) is 22.5. The van der Waals surface area contributed by atoms with Crippen LogP contribution >= 0.6 is 0 Å². The van der Waals surface area contributed by atoms with Crippen LogP contribution in [0, 0.1) is 5.92 Å². The Kier molecular flexibility index (Phi) is 4.59. The number of primary amides is 1. The minimum absolute atomic E-state index is 0.0848. The molecule has 4 N–H and O–H groups in total. The maximum absolute atomic E-state index is 11.6. The van der Waals surface area contributed by atoms with Crippen molar-refractivity contribution in [3.63, 3.8) is 0 Å². The highest BCUT2D eigenvalue weighted by Gasteiger charge is 2.21. The lowest BCUT2D eigenvalue weighted by Crippen LogP contribution is -2.41. The summed E-state index contributed by atoms with van der Waals surface area (Å²) in [6.07, 6.45) is 0. The summed E-state index contributed by atoms with van der Waals surface area (Å²) in [6, 6.07) is 2.60. The summed E-state index contributed by atoms with van der Waals surface area (Å²) in [5.74, 6) is -0.267. The molecule has 2 amide bonds. The third-order valence-corrected chi connectivity index (χ3v) is 2.42. The molecule has 98 valence electrons. The van der Waals surface area contributed by atoms with E-state index in [4.69, 9.17) is 5.73 Å². The molecule has 1 unspecified atom stereocenters. The number of rotatable bonds is 5. The van der Waals surface area contributed by atoms with E-state index < -0.39 is 11.9 Å². The van der Waals surface area contributed by atoms with Gasteiger partial charge in [-0.3, -0.25) is 9.59 Å². The van der Waals surface area contributed by atoms with Crippen LogP contribution in [0.25, 0.3) is 0 Å². The second-order valence-corrected chi connectivity index (χ2v) is 4.15. The molecule has 0 saturated carbocycles. The van der Waals surface area contributed by atoms with Gasteiger partial charge in [0.25, 0.3) is 5.91 Å². The Morgan fingerprint density at radius 3 is 2.33 bits per heavy atom. The summed E-state index contributed by atoms with van der Waals surface area (Å²) in [7, 11) is 1.57. The topological polar surface area (TPSA) is 110 Å². The van der Waals surface area contributed by atoms with Gasteiger partial charge in [0.15, 0.2) is 5.69 Å². The van der Waals surface area contributed by atoms with Gasteiger partial charge in [0.05, 0.1) is 0 Å². The van der Waals surface area contributed by atoms with Crippen molar-refractivity contribution in [2.45, 2.75) is 19.9 Å². The summed E-state index contributed by atoms with van der Waals surface area (Å²) in [5.41, 5.74) is 5.14. The van der Waals surface area contributed by atoms with Crippen LogP contribution in [-0.2, 0) is 4.79 Å². The number of hydrogen-bond acceptors (Lipinski definition) is 5. The van der Waals surface area contributed by atoms with E-state index in [0.717, 1.165) is 0 Å². The third kappa shape index (κ3) is 3.41. The van der Waals surface area contributed by atoms with Crippen molar-refractivity contribution in [3.05, 3.63) is 17.8 Å². The molecule has 0 aliphatic rings. The fourth-order valence-electron chi connectivity index (χ4n) is 1.39. The first-order valence-electron chi connectivity index (χ1n) is 5.57. The number of aromatic nitrogens is 2. The first-order valence-corrected chi connectivity index (χ1v) is 5.57. The van der Waals surface area contributed by atoms with Gasteiger partial charge >= 0.3 is 0 Å². The molecule has 1 aromatic heterocycles. The van der Waals surface area contributed by atoms with Gasteiger partial charge in [0.2, 0.25) is 5.91 Å². The lowest BCUT2D eigenvalue weighted by Gasteiger charge is -2.20. The van der Waals surface area contributed by atoms with Crippen molar-refractivity contribution in [1.29, 1.82) is 0 Å². The number of nitrogens with one attached hydrogen (secondary N) is 2. The normalized spacial score (nSPS) is 12.0. The van der Waals surface area contributed by atoms with E-state index in [1.807, 2.05) is 13.8 Å². The van der Waals surface area contributed by atoms with Crippen molar-refractivity contribution in [1.82, 2.24) is 15.5 Å². The lowest BCUT2D eigenvalue weighted by molar-refractivity contribution is -0.122. The molecule has 0 aromatic carbocycles. The summed E-state index contributed by atoms with van der Waals surface area (Å²) < 4.78 is 0. The Hall–Kier alpha value is -2.18. The second kappa shape index (κ2) is 5.95. The van der Waals surface area contributed by atoms with Gasteiger partial charge in [-0.25, -0.2) is 0 Å². The monoisotopic (exact) mass is 251 g/mol. The Morgan fingerprint density at radius 2 is 1.94 bits per heavy atom. The highest BCUT2D eigenvalue weighted by Crippen LogP contribution is 2.10. The van der Waals surface area contributed by atoms with Crippen molar-refractivity contribution in [2.24, 2.45) is 11.7 Å². The Labute approximate surface area is 105 Å². The molecular formula is C11H17N5O2. The molecule has 1 atom stereocenters. The molecular weight excluding hydrogens is 234 g/mol. The molecule has 7 heteroatoms. The number of hydrogen-bond donors (Lipinski definition) is 3. The molecule has 18 heavy (non-hydrogen) atoms. The molecule has 0 aliphatic carbocycles. The number of nitrogens with zero attached hydrogens (tertiary/aromatic N) is 2. The Balaban J connectivity index is 2.81. The van der Waals surface area contributed by atoms with Crippen molar-refractivity contribution in [3.8, 4) is 0 Å².